The van der Waals surface area contributed by atoms with E-state index in [2.05, 4.69) is 10.2 Å². The second-order valence-corrected chi connectivity index (χ2v) is 3.46. The van der Waals surface area contributed by atoms with Gasteiger partial charge in [0.1, 0.15) is 0 Å². The van der Waals surface area contributed by atoms with Gasteiger partial charge in [-0.25, -0.2) is 5.90 Å². The van der Waals surface area contributed by atoms with Gasteiger partial charge in [-0.15, -0.1) is 0 Å². The van der Waals surface area contributed by atoms with E-state index in [9.17, 15) is 0 Å². The highest BCUT2D eigenvalue weighted by Crippen LogP contribution is 2.20. The summed E-state index contributed by atoms with van der Waals surface area (Å²) in [6.07, 6.45) is 0. The summed E-state index contributed by atoms with van der Waals surface area (Å²) in [7, 11) is 0. The first kappa shape index (κ1) is 10.7. The zero-order valence-electron chi connectivity index (χ0n) is 8.89. The summed E-state index contributed by atoms with van der Waals surface area (Å²) in [5, 5.41) is 3.32. The number of rotatable bonds is 4. The molecule has 3 nitrogen and oxygen atoms in total. The fraction of sp³-hybridized carbons (Fsp3) is 0.0769. The molecule has 0 unspecified atom stereocenters. The van der Waals surface area contributed by atoms with Crippen molar-refractivity contribution in [3.63, 3.8) is 0 Å². The third-order valence-electron chi connectivity index (χ3n) is 2.31. The molecular weight excluding hydrogens is 200 g/mol. The van der Waals surface area contributed by atoms with E-state index in [4.69, 9.17) is 5.90 Å². The summed E-state index contributed by atoms with van der Waals surface area (Å²) in [5.41, 5.74) is 3.10. The molecule has 82 valence electrons. The SMILES string of the molecule is NOCc1ccccc1Nc1ccccc1. The van der Waals surface area contributed by atoms with Gasteiger partial charge in [-0.05, 0) is 18.2 Å². The highest BCUT2D eigenvalue weighted by Gasteiger charge is 2.01. The van der Waals surface area contributed by atoms with E-state index in [-0.39, 0.29) is 0 Å². The van der Waals surface area contributed by atoms with Crippen molar-refractivity contribution in [2.24, 2.45) is 5.90 Å². The molecule has 0 saturated heterocycles. The van der Waals surface area contributed by atoms with Gasteiger partial charge in [-0.3, -0.25) is 4.84 Å². The lowest BCUT2D eigenvalue weighted by Gasteiger charge is -2.10. The molecule has 0 saturated carbocycles. The number of hydrogen-bond acceptors (Lipinski definition) is 3. The minimum atomic E-state index is 0.399. The predicted octanol–water partition coefficient (Wildman–Crippen LogP) is 2.82. The molecule has 2 rings (SSSR count). The number of benzene rings is 2. The van der Waals surface area contributed by atoms with Gasteiger partial charge in [-0.1, -0.05) is 36.4 Å². The highest BCUT2D eigenvalue weighted by atomic mass is 16.6. The minimum absolute atomic E-state index is 0.399. The first-order valence-electron chi connectivity index (χ1n) is 5.12. The Morgan fingerprint density at radius 2 is 1.62 bits per heavy atom. The van der Waals surface area contributed by atoms with Crippen molar-refractivity contribution < 1.29 is 4.84 Å². The number of anilines is 2. The van der Waals surface area contributed by atoms with Crippen molar-refractivity contribution >= 4 is 11.4 Å². The summed E-state index contributed by atoms with van der Waals surface area (Å²) in [4.78, 5) is 4.67. The van der Waals surface area contributed by atoms with E-state index in [0.29, 0.717) is 6.61 Å². The summed E-state index contributed by atoms with van der Waals surface area (Å²) < 4.78 is 0. The second-order valence-electron chi connectivity index (χ2n) is 3.46. The van der Waals surface area contributed by atoms with Gasteiger partial charge in [0.15, 0.2) is 0 Å². The van der Waals surface area contributed by atoms with E-state index < -0.39 is 0 Å². The van der Waals surface area contributed by atoms with Gasteiger partial charge in [-0.2, -0.15) is 0 Å². The fourth-order valence-electron chi connectivity index (χ4n) is 1.53. The summed E-state index contributed by atoms with van der Waals surface area (Å²) in [6.45, 7) is 0.399. The topological polar surface area (TPSA) is 47.3 Å². The number of nitrogens with two attached hydrogens (primary N) is 1. The summed E-state index contributed by atoms with van der Waals surface area (Å²) >= 11 is 0. The second kappa shape index (κ2) is 5.30. The Hall–Kier alpha value is -1.84. The first-order valence-corrected chi connectivity index (χ1v) is 5.12. The monoisotopic (exact) mass is 214 g/mol. The molecule has 0 aliphatic carbocycles. The van der Waals surface area contributed by atoms with Gasteiger partial charge in [0.25, 0.3) is 0 Å². The quantitative estimate of drug-likeness (QED) is 0.769. The lowest BCUT2D eigenvalue weighted by Crippen LogP contribution is -2.02. The van der Waals surface area contributed by atoms with E-state index in [1.807, 2.05) is 54.6 Å². The molecule has 0 heterocycles. The van der Waals surface area contributed by atoms with Crippen LogP contribution in [0, 0.1) is 0 Å². The van der Waals surface area contributed by atoms with E-state index in [0.717, 1.165) is 16.9 Å². The molecule has 0 bridgehead atoms. The molecule has 16 heavy (non-hydrogen) atoms. The third kappa shape index (κ3) is 2.59. The lowest BCUT2D eigenvalue weighted by molar-refractivity contribution is 0.124. The molecule has 0 aliphatic rings. The van der Waals surface area contributed by atoms with E-state index in [1.54, 1.807) is 0 Å². The van der Waals surface area contributed by atoms with Crippen LogP contribution in [0.1, 0.15) is 5.56 Å². The fourth-order valence-corrected chi connectivity index (χ4v) is 1.53. The number of hydrogen-bond donors (Lipinski definition) is 2. The van der Waals surface area contributed by atoms with Gasteiger partial charge >= 0.3 is 0 Å². The van der Waals surface area contributed by atoms with Gasteiger partial charge in [0, 0.05) is 16.9 Å². The highest BCUT2D eigenvalue weighted by molar-refractivity contribution is 5.62. The Balaban J connectivity index is 2.21. The minimum Gasteiger partial charge on any atom is -0.355 e. The molecule has 0 aliphatic heterocycles. The van der Waals surface area contributed by atoms with Crippen molar-refractivity contribution in [2.75, 3.05) is 5.32 Å². The standard InChI is InChI=1S/C13H14N2O/c14-16-10-11-6-4-5-9-13(11)15-12-7-2-1-3-8-12/h1-9,15H,10,14H2. The van der Waals surface area contributed by atoms with Crippen molar-refractivity contribution in [2.45, 2.75) is 6.61 Å². The maximum atomic E-state index is 5.10. The maximum absolute atomic E-state index is 5.10. The molecule has 3 heteroatoms. The Morgan fingerprint density at radius 1 is 0.938 bits per heavy atom. The van der Waals surface area contributed by atoms with Crippen LogP contribution < -0.4 is 11.2 Å². The lowest BCUT2D eigenvalue weighted by atomic mass is 10.2. The van der Waals surface area contributed by atoms with Crippen molar-refractivity contribution in [1.29, 1.82) is 0 Å². The van der Waals surface area contributed by atoms with Crippen LogP contribution in [-0.2, 0) is 11.4 Å². The number of para-hydroxylation sites is 2. The molecule has 0 radical (unpaired) electrons. The first-order chi connectivity index (χ1) is 7.90. The Kier molecular flexibility index (Phi) is 3.53. The van der Waals surface area contributed by atoms with Gasteiger partial charge in [0.2, 0.25) is 0 Å². The van der Waals surface area contributed by atoms with Crippen molar-refractivity contribution in [3.05, 3.63) is 60.2 Å². The Morgan fingerprint density at radius 3 is 2.38 bits per heavy atom. The molecule has 3 N–H and O–H groups in total. The van der Waals surface area contributed by atoms with Crippen LogP contribution in [0.2, 0.25) is 0 Å². The molecule has 2 aromatic rings. The van der Waals surface area contributed by atoms with Crippen LogP contribution in [0.4, 0.5) is 11.4 Å². The molecule has 0 spiro atoms. The predicted molar refractivity (Wildman–Crippen MR) is 65.1 cm³/mol. The maximum Gasteiger partial charge on any atom is 0.0950 e. The van der Waals surface area contributed by atoms with E-state index >= 15 is 0 Å². The van der Waals surface area contributed by atoms with E-state index in [1.165, 1.54) is 0 Å². The normalized spacial score (nSPS) is 10.1. The molecular formula is C13H14N2O. The van der Waals surface area contributed by atoms with Gasteiger partial charge < -0.3 is 5.32 Å². The van der Waals surface area contributed by atoms with Crippen LogP contribution in [0.5, 0.6) is 0 Å². The largest absolute Gasteiger partial charge is 0.355 e. The summed E-state index contributed by atoms with van der Waals surface area (Å²) in [6, 6.07) is 17.9. The van der Waals surface area contributed by atoms with Crippen LogP contribution in [0.3, 0.4) is 0 Å². The smallest absolute Gasteiger partial charge is 0.0950 e. The Labute approximate surface area is 94.8 Å². The van der Waals surface area contributed by atoms with Crippen molar-refractivity contribution in [1.82, 2.24) is 0 Å². The number of nitrogens with one attached hydrogen (secondary N) is 1. The van der Waals surface area contributed by atoms with Gasteiger partial charge in [0.05, 0.1) is 6.61 Å². The molecule has 2 aromatic carbocycles. The molecule has 0 aromatic heterocycles. The molecule has 0 atom stereocenters. The average Bonchev–Trinajstić information content (AvgIpc) is 2.33. The molecule has 0 amide bonds. The zero-order valence-corrected chi connectivity index (χ0v) is 8.89. The summed E-state index contributed by atoms with van der Waals surface area (Å²) in [5.74, 6) is 5.10. The Bertz CT molecular complexity index is 443. The van der Waals surface area contributed by atoms with Crippen LogP contribution in [0.25, 0.3) is 0 Å². The third-order valence-corrected chi connectivity index (χ3v) is 2.31. The van der Waals surface area contributed by atoms with Crippen LogP contribution in [0.15, 0.2) is 54.6 Å². The molecule has 0 fully saturated rings. The van der Waals surface area contributed by atoms with Crippen LogP contribution >= 0.6 is 0 Å². The van der Waals surface area contributed by atoms with Crippen molar-refractivity contribution in [3.8, 4) is 0 Å². The zero-order chi connectivity index (χ0) is 11.2. The van der Waals surface area contributed by atoms with Crippen LogP contribution in [-0.4, -0.2) is 0 Å². The average molecular weight is 214 g/mol.